The first-order valence-corrected chi connectivity index (χ1v) is 11.2. The Kier molecular flexibility index (Phi) is 6.09. The lowest BCUT2D eigenvalue weighted by molar-refractivity contribution is 0.0475. The van der Waals surface area contributed by atoms with Gasteiger partial charge in [0, 0.05) is 24.6 Å². The molecule has 9 heteroatoms. The Morgan fingerprint density at radius 2 is 2.00 bits per heavy atom. The highest BCUT2D eigenvalue weighted by Crippen LogP contribution is 2.28. The van der Waals surface area contributed by atoms with Crippen molar-refractivity contribution in [3.63, 3.8) is 0 Å². The average Bonchev–Trinajstić information content (AvgIpc) is 3.60. The number of hydrogen-bond donors (Lipinski definition) is 1. The summed E-state index contributed by atoms with van der Waals surface area (Å²) in [5.74, 6) is -0.607. The number of fused-ring (bicyclic) bond motifs is 1. The Hall–Kier alpha value is -3.98. The van der Waals surface area contributed by atoms with E-state index in [1.165, 1.54) is 17.0 Å². The zero-order valence-electron chi connectivity index (χ0n) is 18.5. The molecule has 1 unspecified atom stereocenters. The predicted molar refractivity (Wildman–Crippen MR) is 123 cm³/mol. The molecule has 34 heavy (non-hydrogen) atoms. The molecule has 1 N–H and O–H groups in total. The number of anilines is 1. The van der Waals surface area contributed by atoms with Gasteiger partial charge in [-0.1, -0.05) is 12.1 Å². The molecule has 3 amide bonds. The maximum absolute atomic E-state index is 13.0. The summed E-state index contributed by atoms with van der Waals surface area (Å²) in [5.41, 5.74) is 1.34. The minimum absolute atomic E-state index is 0.129. The van der Waals surface area contributed by atoms with Crippen molar-refractivity contribution in [2.45, 2.75) is 25.5 Å². The van der Waals surface area contributed by atoms with Crippen LogP contribution in [0.15, 0.2) is 61.2 Å². The van der Waals surface area contributed by atoms with E-state index in [0.717, 1.165) is 12.8 Å². The van der Waals surface area contributed by atoms with E-state index in [1.807, 2.05) is 16.8 Å². The Morgan fingerprint density at radius 1 is 1.15 bits per heavy atom. The van der Waals surface area contributed by atoms with Crippen LogP contribution >= 0.6 is 0 Å². The van der Waals surface area contributed by atoms with Crippen LogP contribution < -0.4 is 10.1 Å². The van der Waals surface area contributed by atoms with Gasteiger partial charge < -0.3 is 19.4 Å². The molecule has 3 aromatic rings. The Labute approximate surface area is 196 Å². The number of benzene rings is 2. The number of rotatable bonds is 8. The summed E-state index contributed by atoms with van der Waals surface area (Å²) >= 11 is 0. The topological polar surface area (TPSA) is 103 Å². The fourth-order valence-electron chi connectivity index (χ4n) is 4.16. The maximum atomic E-state index is 13.0. The molecule has 1 saturated heterocycles. The van der Waals surface area contributed by atoms with Crippen molar-refractivity contribution in [1.82, 2.24) is 14.5 Å². The summed E-state index contributed by atoms with van der Waals surface area (Å²) in [6.07, 6.45) is 6.87. The highest BCUT2D eigenvalue weighted by Gasteiger charge is 2.38. The van der Waals surface area contributed by atoms with Crippen molar-refractivity contribution < 1.29 is 23.9 Å². The minimum Gasteiger partial charge on any atom is -0.490 e. The molecule has 0 radical (unpaired) electrons. The van der Waals surface area contributed by atoms with Crippen molar-refractivity contribution in [2.24, 2.45) is 0 Å². The van der Waals surface area contributed by atoms with Crippen LogP contribution in [0.3, 0.4) is 0 Å². The van der Waals surface area contributed by atoms with E-state index in [4.69, 9.17) is 9.47 Å². The van der Waals surface area contributed by atoms with Crippen molar-refractivity contribution in [3.05, 3.63) is 77.9 Å². The molecule has 3 heterocycles. The quantitative estimate of drug-likeness (QED) is 0.519. The van der Waals surface area contributed by atoms with E-state index >= 15 is 0 Å². The third-order valence-electron chi connectivity index (χ3n) is 5.94. The van der Waals surface area contributed by atoms with E-state index in [9.17, 15) is 14.4 Å². The summed E-state index contributed by atoms with van der Waals surface area (Å²) in [6.45, 7) is 1.90. The van der Waals surface area contributed by atoms with Crippen LogP contribution in [0, 0.1) is 0 Å². The predicted octanol–water partition coefficient (Wildman–Crippen LogP) is 2.99. The van der Waals surface area contributed by atoms with E-state index < -0.39 is 11.8 Å². The second-order valence-electron chi connectivity index (χ2n) is 8.22. The Bertz CT molecular complexity index is 1220. The van der Waals surface area contributed by atoms with Gasteiger partial charge in [-0.15, -0.1) is 0 Å². The molecule has 2 aliphatic heterocycles. The second-order valence-corrected chi connectivity index (χ2v) is 8.22. The summed E-state index contributed by atoms with van der Waals surface area (Å²) in [6, 6.07) is 11.7. The van der Waals surface area contributed by atoms with Crippen LogP contribution in [0.2, 0.25) is 0 Å². The third kappa shape index (κ3) is 4.42. The van der Waals surface area contributed by atoms with Crippen molar-refractivity contribution in [1.29, 1.82) is 0 Å². The van der Waals surface area contributed by atoms with Crippen LogP contribution in [-0.2, 0) is 11.3 Å². The molecule has 2 aliphatic rings. The number of aromatic nitrogens is 2. The molecule has 1 fully saturated rings. The molecule has 1 atom stereocenters. The van der Waals surface area contributed by atoms with Gasteiger partial charge in [0.25, 0.3) is 17.7 Å². The van der Waals surface area contributed by atoms with Crippen LogP contribution in [0.4, 0.5) is 5.69 Å². The Morgan fingerprint density at radius 3 is 2.79 bits per heavy atom. The highest BCUT2D eigenvalue weighted by molar-refractivity contribution is 6.22. The summed E-state index contributed by atoms with van der Waals surface area (Å²) in [5, 5.41) is 2.84. The van der Waals surface area contributed by atoms with Gasteiger partial charge in [-0.2, -0.15) is 0 Å². The van der Waals surface area contributed by atoms with Gasteiger partial charge in [-0.3, -0.25) is 19.3 Å². The zero-order chi connectivity index (χ0) is 23.5. The molecule has 0 spiro atoms. The fourth-order valence-corrected chi connectivity index (χ4v) is 4.16. The van der Waals surface area contributed by atoms with Gasteiger partial charge in [0.05, 0.1) is 42.3 Å². The van der Waals surface area contributed by atoms with Gasteiger partial charge in [-0.25, -0.2) is 4.98 Å². The van der Waals surface area contributed by atoms with Gasteiger partial charge in [-0.05, 0) is 43.2 Å². The lowest BCUT2D eigenvalue weighted by Gasteiger charge is -2.17. The van der Waals surface area contributed by atoms with Crippen molar-refractivity contribution >= 4 is 23.4 Å². The molecule has 0 aliphatic carbocycles. The summed E-state index contributed by atoms with van der Waals surface area (Å²) in [4.78, 5) is 43.8. The standard InChI is InChI=1S/C25H24N4O5/c30-23(27-21-5-1-2-6-22(21)34-13-11-28-10-9-26-16-28)17-7-8-19-20(14-17)25(32)29(24(19)31)15-18-4-3-12-33-18/h1-2,5-10,14,16,18H,3-4,11-13,15H2,(H,27,30). The molecule has 1 aromatic heterocycles. The van der Waals surface area contributed by atoms with Crippen molar-refractivity contribution in [2.75, 3.05) is 25.1 Å². The first kappa shape index (κ1) is 21.8. The van der Waals surface area contributed by atoms with E-state index in [-0.39, 0.29) is 29.7 Å². The number of ether oxygens (including phenoxy) is 2. The second kappa shape index (κ2) is 9.48. The number of imidazole rings is 1. The molecule has 2 aromatic carbocycles. The number of imide groups is 1. The van der Waals surface area contributed by atoms with Crippen LogP contribution in [-0.4, -0.2) is 58.0 Å². The number of nitrogens with one attached hydrogen (secondary N) is 1. The Balaban J connectivity index is 1.27. The van der Waals surface area contributed by atoms with Crippen molar-refractivity contribution in [3.8, 4) is 5.75 Å². The van der Waals surface area contributed by atoms with E-state index in [1.54, 1.807) is 36.8 Å². The van der Waals surface area contributed by atoms with Crippen LogP contribution in [0.25, 0.3) is 0 Å². The lowest BCUT2D eigenvalue weighted by atomic mass is 10.1. The van der Waals surface area contributed by atoms with Gasteiger partial charge in [0.1, 0.15) is 12.4 Å². The number of amides is 3. The first-order valence-electron chi connectivity index (χ1n) is 11.2. The molecular formula is C25H24N4O5. The molecule has 5 rings (SSSR count). The summed E-state index contributed by atoms with van der Waals surface area (Å²) in [7, 11) is 0. The number of para-hydroxylation sites is 2. The molecule has 0 saturated carbocycles. The van der Waals surface area contributed by atoms with Gasteiger partial charge >= 0.3 is 0 Å². The highest BCUT2D eigenvalue weighted by atomic mass is 16.5. The number of nitrogens with zero attached hydrogens (tertiary/aromatic N) is 3. The van der Waals surface area contributed by atoms with Crippen LogP contribution in [0.1, 0.15) is 43.9 Å². The van der Waals surface area contributed by atoms with Crippen LogP contribution in [0.5, 0.6) is 5.75 Å². The molecular weight excluding hydrogens is 436 g/mol. The SMILES string of the molecule is O=C(Nc1ccccc1OCCn1ccnc1)c1ccc2c(c1)C(=O)N(CC1CCCO1)C2=O. The van der Waals surface area contributed by atoms with Gasteiger partial charge in [0.2, 0.25) is 0 Å². The fraction of sp³-hybridized carbons (Fsp3) is 0.280. The average molecular weight is 460 g/mol. The van der Waals surface area contributed by atoms with E-state index in [2.05, 4.69) is 10.3 Å². The minimum atomic E-state index is -0.397. The largest absolute Gasteiger partial charge is 0.490 e. The van der Waals surface area contributed by atoms with Gasteiger partial charge in [0.15, 0.2) is 0 Å². The molecule has 9 nitrogen and oxygen atoms in total. The monoisotopic (exact) mass is 460 g/mol. The molecule has 174 valence electrons. The van der Waals surface area contributed by atoms with E-state index in [0.29, 0.717) is 36.8 Å². The number of hydrogen-bond acceptors (Lipinski definition) is 6. The maximum Gasteiger partial charge on any atom is 0.261 e. The smallest absolute Gasteiger partial charge is 0.261 e. The number of carbonyl (C=O) groups excluding carboxylic acids is 3. The zero-order valence-corrected chi connectivity index (χ0v) is 18.5. The first-order chi connectivity index (χ1) is 16.6. The normalized spacial score (nSPS) is 17.2. The number of carbonyl (C=O) groups is 3. The lowest BCUT2D eigenvalue weighted by Crippen LogP contribution is -2.36. The summed E-state index contributed by atoms with van der Waals surface area (Å²) < 4.78 is 13.3. The third-order valence-corrected chi connectivity index (χ3v) is 5.94. The molecule has 0 bridgehead atoms.